The third-order valence-corrected chi connectivity index (χ3v) is 12.6. The fourth-order valence-corrected chi connectivity index (χ4v) is 8.10. The van der Waals surface area contributed by atoms with Crippen LogP contribution in [0.25, 0.3) is 0 Å². The maximum atomic E-state index is 13.1. The quantitative estimate of drug-likeness (QED) is 0.0172. The monoisotopic (exact) mass is 1030 g/mol. The van der Waals surface area contributed by atoms with Crippen LogP contribution in [0, 0.1) is 0 Å². The average molecular weight is 1030 g/mol. The smallest absolute Gasteiger partial charge is 0.306 e. The highest BCUT2D eigenvalue weighted by atomic mass is 16.7. The third-order valence-electron chi connectivity index (χ3n) is 12.6. The molecule has 11 atom stereocenters. The summed E-state index contributed by atoms with van der Waals surface area (Å²) < 4.78 is 34.3. The van der Waals surface area contributed by atoms with E-state index in [4.69, 9.17) is 28.4 Å². The second-order valence-corrected chi connectivity index (χ2v) is 19.0. The summed E-state index contributed by atoms with van der Waals surface area (Å²) in [6.45, 7) is 3.37. The molecule has 11 unspecified atom stereocenters. The predicted molar refractivity (Wildman–Crippen MR) is 288 cm³/mol. The Balaban J connectivity index is 1.77. The average Bonchev–Trinajstić information content (AvgIpc) is 3.39. The number of esters is 1. The topological polar surface area (TPSA) is 214 Å². The minimum absolute atomic E-state index is 0.0138. The van der Waals surface area contributed by atoms with Gasteiger partial charge in [-0.25, -0.2) is 0 Å². The van der Waals surface area contributed by atoms with E-state index in [1.165, 1.54) is 57.8 Å². The largest absolute Gasteiger partial charge is 0.457 e. The molecule has 2 aliphatic rings. The van der Waals surface area contributed by atoms with Gasteiger partial charge in [0, 0.05) is 13.0 Å². The van der Waals surface area contributed by atoms with Crippen LogP contribution in [0.15, 0.2) is 97.2 Å². The van der Waals surface area contributed by atoms with Crippen molar-refractivity contribution < 1.29 is 69.0 Å². The number of allylic oxidation sites excluding steroid dienone is 16. The van der Waals surface area contributed by atoms with E-state index in [2.05, 4.69) is 111 Å². The Bertz CT molecular complexity index is 1570. The van der Waals surface area contributed by atoms with E-state index in [0.29, 0.717) is 13.0 Å². The SMILES string of the molecule is CC/C=C\C/C=C\C/C=C\C/C=C\C/C=C\C/C=C\CCCOCC(COC1OC(COC2OC(CO)C(O)C(O)C2O)C(O)C(O)C1O)OC(=O)CCCCCCCCCCC/C=C\C/C=C\CCCCC. The second kappa shape index (κ2) is 45.1. The van der Waals surface area contributed by atoms with E-state index in [0.717, 1.165) is 83.5 Å². The molecule has 0 aromatic rings. The summed E-state index contributed by atoms with van der Waals surface area (Å²) in [7, 11) is 0. The minimum Gasteiger partial charge on any atom is -0.457 e. The zero-order valence-corrected chi connectivity index (χ0v) is 44.6. The molecule has 73 heavy (non-hydrogen) atoms. The molecule has 0 radical (unpaired) electrons. The van der Waals surface area contributed by atoms with Crippen LogP contribution in [-0.2, 0) is 33.2 Å². The van der Waals surface area contributed by atoms with Gasteiger partial charge in [0.15, 0.2) is 12.6 Å². The Kier molecular flexibility index (Phi) is 40.8. The van der Waals surface area contributed by atoms with Crippen LogP contribution in [0.5, 0.6) is 0 Å². The van der Waals surface area contributed by atoms with Crippen LogP contribution in [0.2, 0.25) is 0 Å². The molecule has 2 fully saturated rings. The summed E-state index contributed by atoms with van der Waals surface area (Å²) in [5, 5.41) is 72.3. The molecule has 2 saturated heterocycles. The second-order valence-electron chi connectivity index (χ2n) is 19.0. The molecule has 7 N–H and O–H groups in total. The molecule has 0 amide bonds. The fraction of sp³-hybridized carbons (Fsp3) is 0.712. The number of aliphatic hydroxyl groups is 7. The van der Waals surface area contributed by atoms with Crippen LogP contribution >= 0.6 is 0 Å². The summed E-state index contributed by atoms with van der Waals surface area (Å²) in [5.41, 5.74) is 0. The lowest BCUT2D eigenvalue weighted by molar-refractivity contribution is -0.332. The van der Waals surface area contributed by atoms with E-state index >= 15 is 0 Å². The van der Waals surface area contributed by atoms with Crippen molar-refractivity contribution in [1.29, 1.82) is 0 Å². The van der Waals surface area contributed by atoms with Gasteiger partial charge in [-0.15, -0.1) is 0 Å². The molecule has 0 spiro atoms. The maximum Gasteiger partial charge on any atom is 0.306 e. The molecule has 2 heterocycles. The molecular weight excluding hydrogens is 933 g/mol. The number of hydrogen-bond donors (Lipinski definition) is 7. The lowest BCUT2D eigenvalue weighted by atomic mass is 9.98. The van der Waals surface area contributed by atoms with Crippen LogP contribution in [-0.4, -0.2) is 142 Å². The van der Waals surface area contributed by atoms with Crippen molar-refractivity contribution >= 4 is 5.97 Å². The summed E-state index contributed by atoms with van der Waals surface area (Å²) in [5.74, 6) is -0.404. The van der Waals surface area contributed by atoms with Crippen molar-refractivity contribution in [1.82, 2.24) is 0 Å². The number of unbranched alkanes of at least 4 members (excludes halogenated alkanes) is 13. The Hall–Kier alpha value is -3.09. The lowest BCUT2D eigenvalue weighted by Crippen LogP contribution is -2.61. The highest BCUT2D eigenvalue weighted by Gasteiger charge is 2.47. The van der Waals surface area contributed by atoms with E-state index in [9.17, 15) is 40.5 Å². The molecule has 14 nitrogen and oxygen atoms in total. The number of carbonyl (C=O) groups excluding carboxylic acids is 1. The molecule has 0 aromatic heterocycles. The van der Waals surface area contributed by atoms with Crippen molar-refractivity contribution in [2.24, 2.45) is 0 Å². The lowest BCUT2D eigenvalue weighted by Gasteiger charge is -2.42. The minimum atomic E-state index is -1.72. The van der Waals surface area contributed by atoms with Crippen LogP contribution in [0.1, 0.15) is 168 Å². The number of ether oxygens (including phenoxy) is 6. The van der Waals surface area contributed by atoms with Gasteiger partial charge in [0.2, 0.25) is 0 Å². The standard InChI is InChI=1S/C59H98O14/c1-3-5-7-9-11-13-15-17-19-21-23-25-27-29-31-33-35-37-39-41-43-68-45-48(71-51(61)42-40-38-36-34-32-30-28-26-24-22-20-18-16-14-12-10-8-6-4-2)46-69-58-57(67)55(65)53(63)50(73-58)47-70-59-56(66)54(64)52(62)49(44-60)72-59/h5,7,11-14,17-20,23,25,29,31,35,37,48-50,52-60,62-67H,3-4,6,8-10,15-16,21-22,24,26-28,30,32-34,36,38-47H2,1-2H3/b7-5-,13-11-,14-12-,19-17-,20-18-,25-23-,31-29-,37-35-. The predicted octanol–water partition coefficient (Wildman–Crippen LogP) is 9.41. The molecule has 0 aromatic carbocycles. The van der Waals surface area contributed by atoms with E-state index in [1.54, 1.807) is 0 Å². The van der Waals surface area contributed by atoms with Crippen LogP contribution < -0.4 is 0 Å². The summed E-state index contributed by atoms with van der Waals surface area (Å²) in [4.78, 5) is 13.1. The van der Waals surface area contributed by atoms with E-state index in [-0.39, 0.29) is 19.6 Å². The molecule has 14 heteroatoms. The van der Waals surface area contributed by atoms with Crippen molar-refractivity contribution in [3.63, 3.8) is 0 Å². The highest BCUT2D eigenvalue weighted by molar-refractivity contribution is 5.69. The number of rotatable bonds is 43. The Labute approximate surface area is 439 Å². The van der Waals surface area contributed by atoms with Gasteiger partial charge in [-0.05, 0) is 89.9 Å². The molecule has 2 rings (SSSR count). The Morgan fingerprint density at radius 2 is 0.890 bits per heavy atom. The molecular formula is C59H98O14. The molecule has 0 bridgehead atoms. The number of carbonyl (C=O) groups is 1. The van der Waals surface area contributed by atoms with Crippen molar-refractivity contribution in [2.45, 2.75) is 235 Å². The van der Waals surface area contributed by atoms with Gasteiger partial charge in [0.05, 0.1) is 26.4 Å². The maximum absolute atomic E-state index is 13.1. The van der Waals surface area contributed by atoms with E-state index in [1.807, 2.05) is 0 Å². The molecule has 0 aliphatic carbocycles. The highest BCUT2D eigenvalue weighted by Crippen LogP contribution is 2.26. The van der Waals surface area contributed by atoms with Crippen molar-refractivity contribution in [3.05, 3.63) is 97.2 Å². The van der Waals surface area contributed by atoms with E-state index < -0.39 is 86.7 Å². The van der Waals surface area contributed by atoms with Gasteiger partial charge in [0.25, 0.3) is 0 Å². The van der Waals surface area contributed by atoms with Crippen LogP contribution in [0.4, 0.5) is 0 Å². The number of aliphatic hydroxyl groups excluding tert-OH is 7. The van der Waals surface area contributed by atoms with Gasteiger partial charge < -0.3 is 64.2 Å². The fourth-order valence-electron chi connectivity index (χ4n) is 8.10. The third kappa shape index (κ3) is 32.2. The molecule has 2 aliphatic heterocycles. The van der Waals surface area contributed by atoms with Crippen molar-refractivity contribution in [2.75, 3.05) is 33.0 Å². The summed E-state index contributed by atoms with van der Waals surface area (Å²) in [6.07, 6.45) is 43.3. The first-order valence-electron chi connectivity index (χ1n) is 27.8. The normalized spacial score (nSPS) is 25.7. The molecule has 0 saturated carbocycles. The summed E-state index contributed by atoms with van der Waals surface area (Å²) >= 11 is 0. The summed E-state index contributed by atoms with van der Waals surface area (Å²) in [6, 6.07) is 0. The van der Waals surface area contributed by atoms with Gasteiger partial charge in [-0.1, -0.05) is 169 Å². The number of hydrogen-bond acceptors (Lipinski definition) is 14. The first kappa shape index (κ1) is 66.0. The zero-order chi connectivity index (χ0) is 53.0. The van der Waals surface area contributed by atoms with Gasteiger partial charge >= 0.3 is 5.97 Å². The first-order valence-corrected chi connectivity index (χ1v) is 27.8. The molecule has 418 valence electrons. The first-order chi connectivity index (χ1) is 35.6. The Morgan fingerprint density at radius 3 is 1.40 bits per heavy atom. The van der Waals surface area contributed by atoms with Crippen LogP contribution in [0.3, 0.4) is 0 Å². The van der Waals surface area contributed by atoms with Gasteiger partial charge in [-0.3, -0.25) is 4.79 Å². The zero-order valence-electron chi connectivity index (χ0n) is 44.6. The van der Waals surface area contributed by atoms with Crippen molar-refractivity contribution in [3.8, 4) is 0 Å². The van der Waals surface area contributed by atoms with Gasteiger partial charge in [0.1, 0.15) is 54.9 Å². The Morgan fingerprint density at radius 1 is 0.466 bits per heavy atom. The van der Waals surface area contributed by atoms with Gasteiger partial charge in [-0.2, -0.15) is 0 Å².